The molecular formula is C21H29N3OS. The summed E-state index contributed by atoms with van der Waals surface area (Å²) < 4.78 is 0. The fraction of sp³-hybridized carbons (Fsp3) is 0.524. The summed E-state index contributed by atoms with van der Waals surface area (Å²) in [6, 6.07) is 7.84. The normalized spacial score (nSPS) is 16.4. The molecule has 1 atom stereocenters. The van der Waals surface area contributed by atoms with Crippen molar-refractivity contribution in [1.29, 1.82) is 0 Å². The van der Waals surface area contributed by atoms with Crippen molar-refractivity contribution in [3.63, 3.8) is 0 Å². The fourth-order valence-corrected chi connectivity index (χ4v) is 4.15. The molecule has 26 heavy (non-hydrogen) atoms. The van der Waals surface area contributed by atoms with Gasteiger partial charge >= 0.3 is 0 Å². The lowest BCUT2D eigenvalue weighted by Gasteiger charge is -2.20. The van der Waals surface area contributed by atoms with Gasteiger partial charge in [0.1, 0.15) is 11.9 Å². The summed E-state index contributed by atoms with van der Waals surface area (Å²) in [6.07, 6.45) is 12.4. The Morgan fingerprint density at radius 2 is 2.00 bits per heavy atom. The highest BCUT2D eigenvalue weighted by Gasteiger charge is 2.12. The van der Waals surface area contributed by atoms with Crippen LogP contribution in [-0.2, 0) is 0 Å². The minimum Gasteiger partial charge on any atom is -0.385 e. The minimum absolute atomic E-state index is 0.577. The minimum atomic E-state index is -0.592. The summed E-state index contributed by atoms with van der Waals surface area (Å²) in [5.74, 6) is 3.04. The van der Waals surface area contributed by atoms with Gasteiger partial charge in [0.25, 0.3) is 0 Å². The maximum Gasteiger partial charge on any atom is 0.136 e. The zero-order chi connectivity index (χ0) is 18.4. The monoisotopic (exact) mass is 371 g/mol. The highest BCUT2D eigenvalue weighted by atomic mass is 32.2. The number of aliphatic hydroxyl groups is 1. The van der Waals surface area contributed by atoms with Gasteiger partial charge < -0.3 is 10.1 Å². The molecule has 140 valence electrons. The van der Waals surface area contributed by atoms with Gasteiger partial charge in [-0.1, -0.05) is 50.3 Å². The first kappa shape index (κ1) is 19.2. The SMILES string of the molecule is CSCCC1CCCCC1.C[C@@H](O)c1nc2c(cnc3ccccc32)[nH]1. The number of thioether (sulfide) groups is 1. The summed E-state index contributed by atoms with van der Waals surface area (Å²) in [5.41, 5.74) is 2.63. The summed E-state index contributed by atoms with van der Waals surface area (Å²) >= 11 is 2.00. The van der Waals surface area contributed by atoms with Gasteiger partial charge in [-0.15, -0.1) is 0 Å². The Kier molecular flexibility index (Phi) is 6.92. The van der Waals surface area contributed by atoms with Crippen LogP contribution in [0.1, 0.15) is 57.4 Å². The maximum absolute atomic E-state index is 9.48. The standard InChI is InChI=1S/C12H11N3O.C9H18S/c1-7(16)12-14-10-6-13-9-5-3-2-4-8(9)11(10)15-12;1-10-8-7-9-5-3-2-4-6-9/h2-7,16H,1H3,(H,14,15);9H,2-8H2,1H3/t7-;/m1./s1. The number of hydrogen-bond acceptors (Lipinski definition) is 4. The van der Waals surface area contributed by atoms with E-state index >= 15 is 0 Å². The molecule has 3 aromatic rings. The number of hydrogen-bond donors (Lipinski definition) is 2. The second-order valence-electron chi connectivity index (χ2n) is 7.12. The number of para-hydroxylation sites is 1. The van der Waals surface area contributed by atoms with E-state index in [0.717, 1.165) is 27.9 Å². The zero-order valence-electron chi connectivity index (χ0n) is 15.7. The van der Waals surface area contributed by atoms with Gasteiger partial charge in [0, 0.05) is 5.39 Å². The van der Waals surface area contributed by atoms with Crippen molar-refractivity contribution in [1.82, 2.24) is 15.0 Å². The molecule has 0 bridgehead atoms. The molecule has 4 nitrogen and oxygen atoms in total. The third-order valence-corrected chi connectivity index (χ3v) is 5.74. The van der Waals surface area contributed by atoms with Crippen LogP contribution < -0.4 is 0 Å². The van der Waals surface area contributed by atoms with Crippen molar-refractivity contribution in [2.75, 3.05) is 12.0 Å². The van der Waals surface area contributed by atoms with Gasteiger partial charge in [-0.25, -0.2) is 4.98 Å². The van der Waals surface area contributed by atoms with Crippen LogP contribution in [0.4, 0.5) is 0 Å². The predicted molar refractivity (Wildman–Crippen MR) is 112 cm³/mol. The van der Waals surface area contributed by atoms with Gasteiger partial charge in [0.2, 0.25) is 0 Å². The van der Waals surface area contributed by atoms with E-state index in [-0.39, 0.29) is 0 Å². The van der Waals surface area contributed by atoms with Crippen LogP contribution in [0.5, 0.6) is 0 Å². The van der Waals surface area contributed by atoms with Crippen LogP contribution in [0.15, 0.2) is 30.5 Å². The summed E-state index contributed by atoms with van der Waals surface area (Å²) in [5, 5.41) is 10.5. The van der Waals surface area contributed by atoms with Crippen LogP contribution in [0.3, 0.4) is 0 Å². The fourth-order valence-electron chi connectivity index (χ4n) is 3.58. The largest absolute Gasteiger partial charge is 0.385 e. The first-order chi connectivity index (χ1) is 12.7. The van der Waals surface area contributed by atoms with Crippen LogP contribution in [0, 0.1) is 5.92 Å². The molecule has 1 aromatic carbocycles. The van der Waals surface area contributed by atoms with Crippen LogP contribution in [-0.4, -0.2) is 32.1 Å². The molecule has 1 fully saturated rings. The second-order valence-corrected chi connectivity index (χ2v) is 8.11. The Morgan fingerprint density at radius 1 is 1.23 bits per heavy atom. The highest BCUT2D eigenvalue weighted by Crippen LogP contribution is 2.27. The number of H-pyrrole nitrogens is 1. The number of aliphatic hydroxyl groups excluding tert-OH is 1. The molecule has 1 saturated carbocycles. The average molecular weight is 372 g/mol. The average Bonchev–Trinajstić information content (AvgIpc) is 3.13. The Morgan fingerprint density at radius 3 is 2.73 bits per heavy atom. The molecule has 0 saturated heterocycles. The van der Waals surface area contributed by atoms with E-state index < -0.39 is 6.10 Å². The topological polar surface area (TPSA) is 61.8 Å². The van der Waals surface area contributed by atoms with Crippen molar-refractivity contribution < 1.29 is 5.11 Å². The Labute approximate surface area is 159 Å². The zero-order valence-corrected chi connectivity index (χ0v) is 16.6. The van der Waals surface area contributed by atoms with Gasteiger partial charge in [-0.3, -0.25) is 4.98 Å². The Balaban J connectivity index is 0.000000170. The van der Waals surface area contributed by atoms with E-state index in [1.54, 1.807) is 13.1 Å². The first-order valence-electron chi connectivity index (χ1n) is 9.59. The van der Waals surface area contributed by atoms with E-state index in [9.17, 15) is 5.11 Å². The lowest BCUT2D eigenvalue weighted by molar-refractivity contribution is 0.190. The number of aromatic nitrogens is 3. The molecule has 4 rings (SSSR count). The van der Waals surface area contributed by atoms with Gasteiger partial charge in [0.05, 0.1) is 22.7 Å². The van der Waals surface area contributed by atoms with Gasteiger partial charge in [0.15, 0.2) is 0 Å². The van der Waals surface area contributed by atoms with Crippen molar-refractivity contribution in [2.24, 2.45) is 5.92 Å². The molecule has 0 aliphatic heterocycles. The molecule has 1 aliphatic carbocycles. The summed E-state index contributed by atoms with van der Waals surface area (Å²) in [4.78, 5) is 11.8. The molecular weight excluding hydrogens is 342 g/mol. The predicted octanol–water partition coefficient (Wildman–Crippen LogP) is 5.48. The number of rotatable bonds is 4. The lowest BCUT2D eigenvalue weighted by atomic mass is 9.88. The quantitative estimate of drug-likeness (QED) is 0.637. The van der Waals surface area contributed by atoms with Gasteiger partial charge in [-0.2, -0.15) is 11.8 Å². The van der Waals surface area contributed by atoms with E-state index in [2.05, 4.69) is 21.2 Å². The molecule has 2 heterocycles. The number of benzene rings is 1. The Bertz CT molecular complexity index is 824. The van der Waals surface area contributed by atoms with Crippen molar-refractivity contribution in [3.8, 4) is 0 Å². The third-order valence-electron chi connectivity index (χ3n) is 5.09. The number of fused-ring (bicyclic) bond motifs is 3. The van der Waals surface area contributed by atoms with Crippen molar-refractivity contribution in [2.45, 2.75) is 51.6 Å². The van der Waals surface area contributed by atoms with Crippen LogP contribution >= 0.6 is 11.8 Å². The maximum atomic E-state index is 9.48. The number of pyridine rings is 1. The first-order valence-corrected chi connectivity index (χ1v) is 11.0. The number of nitrogens with one attached hydrogen (secondary N) is 1. The second kappa shape index (κ2) is 9.38. The molecule has 1 aliphatic rings. The van der Waals surface area contributed by atoms with E-state index in [1.165, 1.54) is 44.3 Å². The smallest absolute Gasteiger partial charge is 0.136 e. The van der Waals surface area contributed by atoms with Crippen LogP contribution in [0.25, 0.3) is 21.9 Å². The number of aromatic amines is 1. The molecule has 0 radical (unpaired) electrons. The Hall–Kier alpha value is -1.59. The number of imidazole rings is 1. The molecule has 0 spiro atoms. The highest BCUT2D eigenvalue weighted by molar-refractivity contribution is 7.98. The molecule has 2 N–H and O–H groups in total. The molecule has 0 unspecified atom stereocenters. The summed E-state index contributed by atoms with van der Waals surface area (Å²) in [7, 11) is 0. The van der Waals surface area contributed by atoms with E-state index in [4.69, 9.17) is 0 Å². The molecule has 5 heteroatoms. The molecule has 2 aromatic heterocycles. The van der Waals surface area contributed by atoms with Crippen LogP contribution in [0.2, 0.25) is 0 Å². The van der Waals surface area contributed by atoms with Gasteiger partial charge in [-0.05, 0) is 37.3 Å². The number of nitrogens with zero attached hydrogens (tertiary/aromatic N) is 2. The summed E-state index contributed by atoms with van der Waals surface area (Å²) in [6.45, 7) is 1.69. The van der Waals surface area contributed by atoms with Crippen molar-refractivity contribution in [3.05, 3.63) is 36.3 Å². The third kappa shape index (κ3) is 4.77. The van der Waals surface area contributed by atoms with Crippen molar-refractivity contribution >= 4 is 33.7 Å². The van der Waals surface area contributed by atoms with E-state index in [1.807, 2.05) is 36.0 Å². The molecule has 0 amide bonds. The van der Waals surface area contributed by atoms with E-state index in [0.29, 0.717) is 5.82 Å². The lowest BCUT2D eigenvalue weighted by Crippen LogP contribution is -2.06.